The standard InChI is InChI=1S/C15H18N2O2/c16-10-13-5-3-12(4-6-13)7-8-15(19)17-9-1-2-14(18)11-17/h3-6,14,18H,1-2,7-9,11H2. The highest BCUT2D eigenvalue weighted by molar-refractivity contribution is 5.76. The molecule has 1 saturated heterocycles. The first-order valence-electron chi connectivity index (χ1n) is 6.64. The van der Waals surface area contributed by atoms with E-state index < -0.39 is 0 Å². The lowest BCUT2D eigenvalue weighted by Crippen LogP contribution is -2.42. The van der Waals surface area contributed by atoms with Gasteiger partial charge >= 0.3 is 0 Å². The fraction of sp³-hybridized carbons (Fsp3) is 0.467. The van der Waals surface area contributed by atoms with Crippen molar-refractivity contribution in [2.75, 3.05) is 13.1 Å². The van der Waals surface area contributed by atoms with E-state index in [1.165, 1.54) is 0 Å². The van der Waals surface area contributed by atoms with Crippen LogP contribution in [0.15, 0.2) is 24.3 Å². The number of amides is 1. The zero-order valence-electron chi connectivity index (χ0n) is 10.9. The summed E-state index contributed by atoms with van der Waals surface area (Å²) in [5.74, 6) is 0.100. The minimum atomic E-state index is -0.368. The lowest BCUT2D eigenvalue weighted by Gasteiger charge is -2.30. The van der Waals surface area contributed by atoms with Gasteiger partial charge in [0, 0.05) is 19.5 Å². The number of benzene rings is 1. The van der Waals surface area contributed by atoms with E-state index in [0.29, 0.717) is 24.9 Å². The second-order valence-electron chi connectivity index (χ2n) is 4.94. The number of piperidine rings is 1. The van der Waals surface area contributed by atoms with E-state index in [1.807, 2.05) is 12.1 Å². The summed E-state index contributed by atoms with van der Waals surface area (Å²) in [5, 5.41) is 18.3. The van der Waals surface area contributed by atoms with Gasteiger partial charge in [-0.3, -0.25) is 4.79 Å². The molecule has 100 valence electrons. The van der Waals surface area contributed by atoms with E-state index in [0.717, 1.165) is 24.9 Å². The molecule has 1 aromatic carbocycles. The van der Waals surface area contributed by atoms with Crippen LogP contribution in [0.25, 0.3) is 0 Å². The molecule has 0 aromatic heterocycles. The molecule has 1 fully saturated rings. The molecule has 2 rings (SSSR count). The van der Waals surface area contributed by atoms with Gasteiger partial charge in [0.1, 0.15) is 0 Å². The van der Waals surface area contributed by atoms with Crippen molar-refractivity contribution in [2.45, 2.75) is 31.8 Å². The summed E-state index contributed by atoms with van der Waals surface area (Å²) in [4.78, 5) is 13.8. The Morgan fingerprint density at radius 1 is 1.42 bits per heavy atom. The average molecular weight is 258 g/mol. The van der Waals surface area contributed by atoms with Crippen LogP contribution in [0, 0.1) is 11.3 Å². The second-order valence-corrected chi connectivity index (χ2v) is 4.94. The fourth-order valence-corrected chi connectivity index (χ4v) is 2.34. The van der Waals surface area contributed by atoms with Gasteiger partial charge in [0.15, 0.2) is 0 Å². The van der Waals surface area contributed by atoms with Crippen LogP contribution in [0.1, 0.15) is 30.4 Å². The molecule has 0 radical (unpaired) electrons. The highest BCUT2D eigenvalue weighted by Gasteiger charge is 2.21. The van der Waals surface area contributed by atoms with Crippen molar-refractivity contribution in [1.82, 2.24) is 4.90 Å². The summed E-state index contributed by atoms with van der Waals surface area (Å²) in [5.41, 5.74) is 1.69. The zero-order chi connectivity index (χ0) is 13.7. The third-order valence-corrected chi connectivity index (χ3v) is 3.46. The minimum absolute atomic E-state index is 0.100. The van der Waals surface area contributed by atoms with Crippen molar-refractivity contribution in [1.29, 1.82) is 5.26 Å². The molecule has 0 saturated carbocycles. The van der Waals surface area contributed by atoms with Crippen molar-refractivity contribution in [3.63, 3.8) is 0 Å². The summed E-state index contributed by atoms with van der Waals surface area (Å²) < 4.78 is 0. The summed E-state index contributed by atoms with van der Waals surface area (Å²) in [6, 6.07) is 9.38. The molecule has 19 heavy (non-hydrogen) atoms. The number of aliphatic hydroxyl groups excluding tert-OH is 1. The number of hydrogen-bond donors (Lipinski definition) is 1. The first-order valence-corrected chi connectivity index (χ1v) is 6.64. The maximum Gasteiger partial charge on any atom is 0.222 e. The monoisotopic (exact) mass is 258 g/mol. The zero-order valence-corrected chi connectivity index (χ0v) is 10.9. The third kappa shape index (κ3) is 3.80. The van der Waals surface area contributed by atoms with Crippen LogP contribution in [0.3, 0.4) is 0 Å². The fourth-order valence-electron chi connectivity index (χ4n) is 2.34. The predicted octanol–water partition coefficient (Wildman–Crippen LogP) is 1.47. The Morgan fingerprint density at radius 2 is 2.16 bits per heavy atom. The number of rotatable bonds is 3. The normalized spacial score (nSPS) is 18.9. The van der Waals surface area contributed by atoms with Crippen LogP contribution in [0.4, 0.5) is 0 Å². The van der Waals surface area contributed by atoms with Crippen molar-refractivity contribution in [2.24, 2.45) is 0 Å². The van der Waals surface area contributed by atoms with Gasteiger partial charge in [-0.15, -0.1) is 0 Å². The molecule has 1 N–H and O–H groups in total. The van der Waals surface area contributed by atoms with Crippen LogP contribution in [-0.2, 0) is 11.2 Å². The van der Waals surface area contributed by atoms with Crippen LogP contribution < -0.4 is 0 Å². The molecule has 1 atom stereocenters. The Kier molecular flexibility index (Phi) is 4.53. The molecular formula is C15H18N2O2. The molecule has 0 aliphatic carbocycles. The van der Waals surface area contributed by atoms with Crippen molar-refractivity contribution >= 4 is 5.91 Å². The number of β-amino-alcohol motifs (C(OH)–C–C–N with tert-alkyl or cyclic N) is 1. The highest BCUT2D eigenvalue weighted by atomic mass is 16.3. The molecular weight excluding hydrogens is 240 g/mol. The van der Waals surface area contributed by atoms with Gasteiger partial charge in [-0.25, -0.2) is 0 Å². The molecule has 1 aliphatic heterocycles. The van der Waals surface area contributed by atoms with Crippen molar-refractivity contribution in [3.05, 3.63) is 35.4 Å². The molecule has 0 bridgehead atoms. The lowest BCUT2D eigenvalue weighted by molar-refractivity contribution is -0.134. The summed E-state index contributed by atoms with van der Waals surface area (Å²) in [6.07, 6.45) is 2.44. The predicted molar refractivity (Wildman–Crippen MR) is 71.3 cm³/mol. The quantitative estimate of drug-likeness (QED) is 0.893. The average Bonchev–Trinajstić information content (AvgIpc) is 2.45. The largest absolute Gasteiger partial charge is 0.391 e. The van der Waals surface area contributed by atoms with Crippen molar-refractivity contribution in [3.8, 4) is 6.07 Å². The summed E-state index contributed by atoms with van der Waals surface area (Å²) in [6.45, 7) is 1.22. The van der Waals surface area contributed by atoms with Gasteiger partial charge in [0.2, 0.25) is 5.91 Å². The van der Waals surface area contributed by atoms with Gasteiger partial charge in [-0.05, 0) is 37.0 Å². The van der Waals surface area contributed by atoms with Gasteiger partial charge in [0.05, 0.1) is 17.7 Å². The first kappa shape index (κ1) is 13.6. The topological polar surface area (TPSA) is 64.3 Å². The van der Waals surface area contributed by atoms with E-state index in [-0.39, 0.29) is 12.0 Å². The minimum Gasteiger partial charge on any atom is -0.391 e. The number of hydrogen-bond acceptors (Lipinski definition) is 3. The van der Waals surface area contributed by atoms with E-state index in [9.17, 15) is 9.90 Å². The Labute approximate surface area is 113 Å². The van der Waals surface area contributed by atoms with E-state index in [2.05, 4.69) is 6.07 Å². The smallest absolute Gasteiger partial charge is 0.222 e. The molecule has 1 aliphatic rings. The SMILES string of the molecule is N#Cc1ccc(CCC(=O)N2CCCC(O)C2)cc1. The number of nitriles is 1. The van der Waals surface area contributed by atoms with E-state index in [1.54, 1.807) is 17.0 Å². The molecule has 1 heterocycles. The van der Waals surface area contributed by atoms with Gasteiger partial charge < -0.3 is 10.0 Å². The van der Waals surface area contributed by atoms with Crippen LogP contribution >= 0.6 is 0 Å². The number of carbonyl (C=O) groups is 1. The van der Waals surface area contributed by atoms with E-state index >= 15 is 0 Å². The number of carbonyl (C=O) groups excluding carboxylic acids is 1. The molecule has 1 amide bonds. The van der Waals surface area contributed by atoms with Gasteiger partial charge in [-0.1, -0.05) is 12.1 Å². The number of aryl methyl sites for hydroxylation is 1. The number of aliphatic hydroxyl groups is 1. The van der Waals surface area contributed by atoms with E-state index in [4.69, 9.17) is 5.26 Å². The van der Waals surface area contributed by atoms with Gasteiger partial charge in [0.25, 0.3) is 0 Å². The summed E-state index contributed by atoms with van der Waals surface area (Å²) >= 11 is 0. The highest BCUT2D eigenvalue weighted by Crippen LogP contribution is 2.13. The Morgan fingerprint density at radius 3 is 2.79 bits per heavy atom. The van der Waals surface area contributed by atoms with Crippen LogP contribution in [0.2, 0.25) is 0 Å². The van der Waals surface area contributed by atoms with Crippen LogP contribution in [-0.4, -0.2) is 35.1 Å². The molecule has 4 nitrogen and oxygen atoms in total. The molecule has 4 heteroatoms. The maximum atomic E-state index is 12.0. The Hall–Kier alpha value is -1.86. The Balaban J connectivity index is 1.84. The van der Waals surface area contributed by atoms with Crippen LogP contribution in [0.5, 0.6) is 0 Å². The Bertz CT molecular complexity index is 476. The molecule has 1 unspecified atom stereocenters. The lowest BCUT2D eigenvalue weighted by atomic mass is 10.1. The third-order valence-electron chi connectivity index (χ3n) is 3.46. The van der Waals surface area contributed by atoms with Gasteiger partial charge in [-0.2, -0.15) is 5.26 Å². The number of nitrogens with zero attached hydrogens (tertiary/aromatic N) is 2. The summed E-state index contributed by atoms with van der Waals surface area (Å²) in [7, 11) is 0. The first-order chi connectivity index (χ1) is 9.19. The number of likely N-dealkylation sites (tertiary alicyclic amines) is 1. The van der Waals surface area contributed by atoms with Crippen molar-refractivity contribution < 1.29 is 9.90 Å². The maximum absolute atomic E-state index is 12.0. The molecule has 1 aromatic rings. The second kappa shape index (κ2) is 6.35. The molecule has 0 spiro atoms.